The van der Waals surface area contributed by atoms with Crippen LogP contribution < -0.4 is 5.73 Å². The van der Waals surface area contributed by atoms with Crippen LogP contribution in [0, 0.1) is 0 Å². The molecule has 0 aromatic heterocycles. The Bertz CT molecular complexity index is 566. The van der Waals surface area contributed by atoms with Gasteiger partial charge >= 0.3 is 0 Å². The topological polar surface area (TPSA) is 63.4 Å². The predicted molar refractivity (Wildman–Crippen MR) is 85.8 cm³/mol. The molecule has 0 radical (unpaired) electrons. The Labute approximate surface area is 133 Å². The van der Waals surface area contributed by atoms with Crippen molar-refractivity contribution in [3.63, 3.8) is 0 Å². The third-order valence-electron chi connectivity index (χ3n) is 3.56. The highest BCUT2D eigenvalue weighted by molar-refractivity contribution is 9.10. The second kappa shape index (κ2) is 6.75. The molecule has 1 saturated heterocycles. The van der Waals surface area contributed by atoms with Gasteiger partial charge in [-0.25, -0.2) is 8.42 Å². The Hall–Kier alpha value is -0.140. The molecular formula is C13H18BrClN2O2S. The van der Waals surface area contributed by atoms with E-state index in [4.69, 9.17) is 17.3 Å². The van der Waals surface area contributed by atoms with Crippen LogP contribution >= 0.6 is 27.5 Å². The predicted octanol–water partition coefficient (Wildman–Crippen LogP) is 2.22. The summed E-state index contributed by atoms with van der Waals surface area (Å²) < 4.78 is 23.6. The third-order valence-corrected chi connectivity index (χ3v) is 5.99. The fourth-order valence-corrected chi connectivity index (χ4v) is 4.34. The Balaban J connectivity index is 1.88. The molecule has 1 aromatic rings. The van der Waals surface area contributed by atoms with Crippen molar-refractivity contribution >= 4 is 37.4 Å². The van der Waals surface area contributed by atoms with Crippen molar-refractivity contribution < 1.29 is 8.42 Å². The zero-order valence-corrected chi connectivity index (χ0v) is 14.2. The summed E-state index contributed by atoms with van der Waals surface area (Å²) in [6, 6.07) is 5.56. The average Bonchev–Trinajstić information content (AvgIpc) is 2.37. The normalized spacial score (nSPS) is 20.8. The van der Waals surface area contributed by atoms with Crippen molar-refractivity contribution in [3.8, 4) is 0 Å². The van der Waals surface area contributed by atoms with E-state index in [0.717, 1.165) is 23.0 Å². The summed E-state index contributed by atoms with van der Waals surface area (Å²) in [7, 11) is -2.82. The molecule has 1 atom stereocenters. The van der Waals surface area contributed by atoms with Gasteiger partial charge in [-0.1, -0.05) is 33.6 Å². The first-order valence-electron chi connectivity index (χ1n) is 6.51. The molecule has 0 spiro atoms. The van der Waals surface area contributed by atoms with Crippen molar-refractivity contribution in [1.82, 2.24) is 4.90 Å². The molecule has 112 valence electrons. The lowest BCUT2D eigenvalue weighted by Crippen LogP contribution is -2.41. The van der Waals surface area contributed by atoms with Crippen LogP contribution in [0.4, 0.5) is 0 Å². The van der Waals surface area contributed by atoms with Gasteiger partial charge in [-0.15, -0.1) is 0 Å². The number of hydrogen-bond acceptors (Lipinski definition) is 4. The van der Waals surface area contributed by atoms with Gasteiger partial charge in [0.2, 0.25) is 0 Å². The number of benzene rings is 1. The Morgan fingerprint density at radius 1 is 1.35 bits per heavy atom. The van der Waals surface area contributed by atoms with E-state index >= 15 is 0 Å². The summed E-state index contributed by atoms with van der Waals surface area (Å²) in [6.07, 6.45) is 0.765. The number of hydrogen-bond donors (Lipinski definition) is 1. The van der Waals surface area contributed by atoms with Crippen molar-refractivity contribution in [1.29, 1.82) is 0 Å². The van der Waals surface area contributed by atoms with Gasteiger partial charge in [0.1, 0.15) is 0 Å². The number of nitrogens with two attached hydrogens (primary N) is 1. The largest absolute Gasteiger partial charge is 0.324 e. The Kier molecular flexibility index (Phi) is 5.48. The van der Waals surface area contributed by atoms with Gasteiger partial charge in [0.05, 0.1) is 11.5 Å². The maximum atomic E-state index is 11.4. The number of nitrogens with zero attached hydrogens (tertiary/aromatic N) is 1. The van der Waals surface area contributed by atoms with E-state index in [-0.39, 0.29) is 17.5 Å². The van der Waals surface area contributed by atoms with E-state index in [1.165, 1.54) is 0 Å². The van der Waals surface area contributed by atoms with E-state index in [2.05, 4.69) is 20.8 Å². The molecule has 20 heavy (non-hydrogen) atoms. The van der Waals surface area contributed by atoms with Crippen LogP contribution in [-0.4, -0.2) is 44.5 Å². The first-order valence-corrected chi connectivity index (χ1v) is 9.50. The first-order chi connectivity index (χ1) is 9.37. The molecule has 1 heterocycles. The van der Waals surface area contributed by atoms with E-state index in [1.807, 2.05) is 18.2 Å². The summed E-state index contributed by atoms with van der Waals surface area (Å²) in [5.41, 5.74) is 7.10. The molecule has 2 N–H and O–H groups in total. The maximum absolute atomic E-state index is 11.4. The van der Waals surface area contributed by atoms with Gasteiger partial charge in [-0.2, -0.15) is 0 Å². The van der Waals surface area contributed by atoms with E-state index < -0.39 is 9.84 Å². The Morgan fingerprint density at radius 3 is 2.60 bits per heavy atom. The number of sulfone groups is 1. The molecule has 0 bridgehead atoms. The van der Waals surface area contributed by atoms with Crippen molar-refractivity contribution in [2.45, 2.75) is 12.5 Å². The van der Waals surface area contributed by atoms with E-state index in [0.29, 0.717) is 18.1 Å². The zero-order chi connectivity index (χ0) is 14.8. The minimum Gasteiger partial charge on any atom is -0.324 e. The fraction of sp³-hybridized carbons (Fsp3) is 0.538. The molecule has 1 fully saturated rings. The van der Waals surface area contributed by atoms with Crippen LogP contribution in [0.15, 0.2) is 22.7 Å². The molecule has 0 saturated carbocycles. The summed E-state index contributed by atoms with van der Waals surface area (Å²) >= 11 is 9.55. The smallest absolute Gasteiger partial charge is 0.152 e. The minimum atomic E-state index is -2.82. The van der Waals surface area contributed by atoms with E-state index in [1.54, 1.807) is 0 Å². The van der Waals surface area contributed by atoms with Gasteiger partial charge < -0.3 is 10.6 Å². The van der Waals surface area contributed by atoms with Crippen molar-refractivity contribution in [2.75, 3.05) is 31.1 Å². The summed E-state index contributed by atoms with van der Waals surface area (Å²) in [5, 5.41) is 0.660. The molecule has 2 rings (SSSR count). The van der Waals surface area contributed by atoms with Gasteiger partial charge in [0, 0.05) is 35.2 Å². The first kappa shape index (κ1) is 16.2. The number of rotatable bonds is 4. The van der Waals surface area contributed by atoms with Crippen LogP contribution in [0.5, 0.6) is 0 Å². The minimum absolute atomic E-state index is 0.130. The molecule has 0 aliphatic carbocycles. The van der Waals surface area contributed by atoms with Crippen LogP contribution in [-0.2, 0) is 9.84 Å². The highest BCUT2D eigenvalue weighted by atomic mass is 79.9. The van der Waals surface area contributed by atoms with Gasteiger partial charge in [0.15, 0.2) is 9.84 Å². The second-order valence-electron chi connectivity index (χ2n) is 5.05. The van der Waals surface area contributed by atoms with Crippen LogP contribution in [0.1, 0.15) is 18.0 Å². The fourth-order valence-electron chi connectivity index (χ4n) is 2.25. The lowest BCUT2D eigenvalue weighted by molar-refractivity contribution is 0.283. The van der Waals surface area contributed by atoms with Gasteiger partial charge in [-0.3, -0.25) is 0 Å². The van der Waals surface area contributed by atoms with Crippen LogP contribution in [0.2, 0.25) is 5.02 Å². The molecule has 7 heteroatoms. The highest BCUT2D eigenvalue weighted by Crippen LogP contribution is 2.27. The van der Waals surface area contributed by atoms with E-state index in [9.17, 15) is 8.42 Å². The molecule has 1 aliphatic heterocycles. The highest BCUT2D eigenvalue weighted by Gasteiger charge is 2.22. The van der Waals surface area contributed by atoms with Crippen LogP contribution in [0.3, 0.4) is 0 Å². The maximum Gasteiger partial charge on any atom is 0.152 e. The lowest BCUT2D eigenvalue weighted by Gasteiger charge is -2.27. The summed E-state index contributed by atoms with van der Waals surface area (Å²) in [4.78, 5) is 2.15. The Morgan fingerprint density at radius 2 is 2.00 bits per heavy atom. The average molecular weight is 382 g/mol. The standard InChI is InChI=1S/C13H18BrClN2O2S/c14-10-1-2-11(12(15)9-10)13(16)3-4-17-5-7-20(18,19)8-6-17/h1-2,9,13H,3-8,16H2. The molecule has 1 aliphatic rings. The van der Waals surface area contributed by atoms with Crippen molar-refractivity contribution in [2.24, 2.45) is 5.73 Å². The number of halogens is 2. The quantitative estimate of drug-likeness (QED) is 0.868. The third kappa shape index (κ3) is 4.43. The van der Waals surface area contributed by atoms with Gasteiger partial charge in [0.25, 0.3) is 0 Å². The molecule has 4 nitrogen and oxygen atoms in total. The monoisotopic (exact) mass is 380 g/mol. The van der Waals surface area contributed by atoms with Gasteiger partial charge in [-0.05, 0) is 24.1 Å². The molecule has 1 aromatic carbocycles. The summed E-state index contributed by atoms with van der Waals surface area (Å²) in [6.45, 7) is 2.00. The second-order valence-corrected chi connectivity index (χ2v) is 8.68. The zero-order valence-electron chi connectivity index (χ0n) is 11.1. The van der Waals surface area contributed by atoms with Crippen LogP contribution in [0.25, 0.3) is 0 Å². The summed E-state index contributed by atoms with van der Waals surface area (Å²) in [5.74, 6) is 0.503. The SMILES string of the molecule is NC(CCN1CCS(=O)(=O)CC1)c1ccc(Br)cc1Cl. The molecular weight excluding hydrogens is 364 g/mol. The molecule has 1 unspecified atom stereocenters. The molecule has 0 amide bonds. The van der Waals surface area contributed by atoms with Crippen molar-refractivity contribution in [3.05, 3.63) is 33.3 Å². The lowest BCUT2D eigenvalue weighted by atomic mass is 10.0.